The van der Waals surface area contributed by atoms with E-state index in [1.165, 1.54) is 139 Å². The van der Waals surface area contributed by atoms with Crippen molar-refractivity contribution in [2.75, 3.05) is 14.7 Å². The van der Waals surface area contributed by atoms with Crippen LogP contribution in [0, 0.1) is 0 Å². The molecule has 0 radical (unpaired) electrons. The second kappa shape index (κ2) is 29.7. The summed E-state index contributed by atoms with van der Waals surface area (Å²) in [7, 11) is 0. The Bertz CT molecular complexity index is 5850. The first-order valence-electron chi connectivity index (χ1n) is 41.5. The molecule has 14 aromatic rings. The van der Waals surface area contributed by atoms with Crippen LogP contribution in [0.2, 0.25) is 0 Å². The van der Waals surface area contributed by atoms with Gasteiger partial charge in [-0.3, -0.25) is 0 Å². The zero-order chi connectivity index (χ0) is 77.0. The molecule has 0 aliphatic heterocycles. The molecule has 0 spiro atoms. The first-order chi connectivity index (χ1) is 55.5. The molecule has 18 rings (SSSR count). The molecule has 554 valence electrons. The van der Waals surface area contributed by atoms with E-state index in [1.807, 2.05) is 0 Å². The van der Waals surface area contributed by atoms with E-state index in [0.29, 0.717) is 0 Å². The summed E-state index contributed by atoms with van der Waals surface area (Å²) in [5, 5.41) is 0. The maximum Gasteiger partial charge on any atom is 0.0465 e. The average molecular weight is 1460 g/mol. The zero-order valence-electron chi connectivity index (χ0n) is 66.6. The van der Waals surface area contributed by atoms with E-state index in [1.54, 1.807) is 0 Å². The number of nitrogens with zero attached hydrogens (tertiary/aromatic N) is 3. The highest BCUT2D eigenvalue weighted by Crippen LogP contribution is 2.60. The lowest BCUT2D eigenvalue weighted by atomic mass is 9.73. The molecule has 0 saturated carbocycles. The van der Waals surface area contributed by atoms with Gasteiger partial charge in [0.15, 0.2) is 0 Å². The molecular formula is C110H99N3. The molecule has 0 heterocycles. The highest BCUT2D eigenvalue weighted by atomic mass is 15.2. The summed E-state index contributed by atoms with van der Waals surface area (Å²) in [5.41, 5.74) is 39.2. The third kappa shape index (κ3) is 12.0. The maximum atomic E-state index is 2.55. The van der Waals surface area contributed by atoms with Gasteiger partial charge in [-0.05, 0) is 289 Å². The lowest BCUT2D eigenvalue weighted by molar-refractivity contribution is 0.490. The normalized spacial score (nSPS) is 14.5. The van der Waals surface area contributed by atoms with Crippen LogP contribution in [0.25, 0.3) is 81.0 Å². The van der Waals surface area contributed by atoms with Crippen molar-refractivity contribution >= 4 is 87.6 Å². The van der Waals surface area contributed by atoms with Crippen LogP contribution < -0.4 is 14.7 Å². The van der Waals surface area contributed by atoms with E-state index in [9.17, 15) is 0 Å². The van der Waals surface area contributed by atoms with Crippen LogP contribution in [0.5, 0.6) is 0 Å². The van der Waals surface area contributed by atoms with Crippen LogP contribution >= 0.6 is 0 Å². The van der Waals surface area contributed by atoms with Gasteiger partial charge in [0, 0.05) is 72.8 Å². The molecule has 0 unspecified atom stereocenters. The van der Waals surface area contributed by atoms with Crippen molar-refractivity contribution in [1.29, 1.82) is 0 Å². The molecule has 3 nitrogen and oxygen atoms in total. The molecule has 4 aliphatic rings. The number of hydrogen-bond acceptors (Lipinski definition) is 3. The van der Waals surface area contributed by atoms with Gasteiger partial charge in [0.25, 0.3) is 0 Å². The van der Waals surface area contributed by atoms with Crippen LogP contribution in [0.15, 0.2) is 322 Å². The Labute approximate surface area is 670 Å². The van der Waals surface area contributed by atoms with Crippen molar-refractivity contribution in [2.45, 2.75) is 128 Å². The average Bonchev–Trinajstić information content (AvgIpc) is 1.58. The number of fused-ring (bicyclic) bond motifs is 12. The molecule has 0 atom stereocenters. The van der Waals surface area contributed by atoms with Crippen molar-refractivity contribution in [3.63, 3.8) is 0 Å². The number of hydrogen-bond donors (Lipinski definition) is 0. The fourth-order valence-electron chi connectivity index (χ4n) is 20.7. The molecule has 0 amide bonds. The van der Waals surface area contributed by atoms with Gasteiger partial charge in [-0.25, -0.2) is 0 Å². The summed E-state index contributed by atoms with van der Waals surface area (Å²) in [4.78, 5) is 7.22. The molecule has 113 heavy (non-hydrogen) atoms. The standard InChI is InChI=1S/C110H99N3/c1-9-107(10-2)98-68-76(52-60-91(98)94-64-57-88(73-102(94)107)111(82-35-23-17-24-36-82)83-37-25-18-26-38-83)47-48-77-55-63-97-101(71-77)110(15-7,16-8)105-72-80(50-49-78-53-61-92-95-65-58-89(74-103(95)108(11-3,12-4)99(92)69-78)112(84-39-27-19-28-40-84)85-41-29-20-30-42-85)67-81(106(97)105)56-51-79-54-62-93-96-66-59-90(75-104(96)109(13-5,14-6)100(93)70-79)113(86-43-31-21-32-44-86)87-45-33-22-34-46-87/h17-75H,9-16H2,1-8H3/b48-47+,50-49+,56-51+. The number of rotatable bonds is 23. The van der Waals surface area contributed by atoms with Crippen molar-refractivity contribution in [3.05, 3.63) is 399 Å². The fraction of sp³-hybridized carbons (Fsp3) is 0.182. The first kappa shape index (κ1) is 72.3. The highest BCUT2D eigenvalue weighted by Gasteiger charge is 2.46. The van der Waals surface area contributed by atoms with Crippen LogP contribution in [-0.2, 0) is 21.7 Å². The molecule has 0 bridgehead atoms. The van der Waals surface area contributed by atoms with Gasteiger partial charge >= 0.3 is 0 Å². The third-order valence-corrected chi connectivity index (χ3v) is 26.7. The second-order valence-corrected chi connectivity index (χ2v) is 31.6. The Morgan fingerprint density at radius 1 is 0.186 bits per heavy atom. The summed E-state index contributed by atoms with van der Waals surface area (Å²) >= 11 is 0. The van der Waals surface area contributed by atoms with E-state index in [4.69, 9.17) is 0 Å². The second-order valence-electron chi connectivity index (χ2n) is 31.6. The summed E-state index contributed by atoms with van der Waals surface area (Å²) in [6.07, 6.45) is 22.3. The van der Waals surface area contributed by atoms with E-state index >= 15 is 0 Å². The van der Waals surface area contributed by atoms with Gasteiger partial charge in [0.05, 0.1) is 0 Å². The highest BCUT2D eigenvalue weighted by molar-refractivity contribution is 5.96. The summed E-state index contributed by atoms with van der Waals surface area (Å²) in [6.45, 7) is 19.2. The van der Waals surface area contributed by atoms with Crippen molar-refractivity contribution in [3.8, 4) is 44.5 Å². The van der Waals surface area contributed by atoms with E-state index in [0.717, 1.165) is 85.5 Å². The number of para-hydroxylation sites is 6. The minimum absolute atomic E-state index is 0.129. The summed E-state index contributed by atoms with van der Waals surface area (Å²) < 4.78 is 0. The van der Waals surface area contributed by atoms with Crippen LogP contribution in [-0.4, -0.2) is 0 Å². The Kier molecular flexibility index (Phi) is 19.0. The lowest BCUT2D eigenvalue weighted by Crippen LogP contribution is -2.23. The van der Waals surface area contributed by atoms with Crippen molar-refractivity contribution in [2.24, 2.45) is 0 Å². The molecule has 0 aromatic heterocycles. The lowest BCUT2D eigenvalue weighted by Gasteiger charge is -2.32. The SMILES string of the molecule is CCC1(CC)c2cc(/C=C/c3ccc4c(c3)C(CC)(CC)c3cc(/C=C/c5ccc6c(c5)C(CC)(CC)c5cc(N(c7ccccc7)c7ccccc7)ccc5-6)cc(/C=C/c5ccc6c(c5)C(CC)(CC)c5cc(N(c7ccccc7)c7ccccc7)ccc5-6)c3-4)ccc2-c2ccc(N(c3ccccc3)c3ccccc3)cc21. The third-order valence-electron chi connectivity index (χ3n) is 26.7. The van der Waals surface area contributed by atoms with Gasteiger partial charge in [-0.15, -0.1) is 0 Å². The Balaban J connectivity index is 0.713. The number of anilines is 9. The molecule has 14 aromatic carbocycles. The minimum atomic E-state index is -0.217. The van der Waals surface area contributed by atoms with E-state index < -0.39 is 0 Å². The maximum absolute atomic E-state index is 2.55. The van der Waals surface area contributed by atoms with Gasteiger partial charge in [-0.2, -0.15) is 0 Å². The summed E-state index contributed by atoms with van der Waals surface area (Å²) in [5.74, 6) is 0. The molecule has 3 heteroatoms. The van der Waals surface area contributed by atoms with Crippen LogP contribution in [0.4, 0.5) is 51.2 Å². The summed E-state index contributed by atoms with van der Waals surface area (Å²) in [6, 6.07) is 121. The molecule has 0 N–H and O–H groups in total. The Morgan fingerprint density at radius 3 is 0.673 bits per heavy atom. The number of benzene rings is 14. The van der Waals surface area contributed by atoms with Gasteiger partial charge in [0.1, 0.15) is 0 Å². The van der Waals surface area contributed by atoms with Gasteiger partial charge in [-0.1, -0.05) is 298 Å². The van der Waals surface area contributed by atoms with Crippen molar-refractivity contribution in [1.82, 2.24) is 0 Å². The van der Waals surface area contributed by atoms with Crippen molar-refractivity contribution < 1.29 is 0 Å². The minimum Gasteiger partial charge on any atom is -0.310 e. The molecule has 0 fully saturated rings. The fourth-order valence-corrected chi connectivity index (χ4v) is 20.7. The molecular weight excluding hydrogens is 1360 g/mol. The quantitative estimate of drug-likeness (QED) is 0.0591. The monoisotopic (exact) mass is 1460 g/mol. The van der Waals surface area contributed by atoms with Crippen LogP contribution in [0.1, 0.15) is 185 Å². The smallest absolute Gasteiger partial charge is 0.0465 e. The largest absolute Gasteiger partial charge is 0.310 e. The Hall–Kier alpha value is -12.3. The topological polar surface area (TPSA) is 9.72 Å². The Morgan fingerprint density at radius 2 is 0.398 bits per heavy atom. The molecule has 0 saturated heterocycles. The predicted octanol–water partition coefficient (Wildman–Crippen LogP) is 31.0. The zero-order valence-corrected chi connectivity index (χ0v) is 66.6. The van der Waals surface area contributed by atoms with Gasteiger partial charge in [0.2, 0.25) is 0 Å². The van der Waals surface area contributed by atoms with E-state index in [2.05, 4.69) is 428 Å². The molecule has 4 aliphatic carbocycles. The predicted molar refractivity (Wildman–Crippen MR) is 484 cm³/mol. The van der Waals surface area contributed by atoms with E-state index in [-0.39, 0.29) is 21.7 Å². The first-order valence-corrected chi connectivity index (χ1v) is 41.5. The van der Waals surface area contributed by atoms with Crippen LogP contribution in [0.3, 0.4) is 0 Å². The van der Waals surface area contributed by atoms with Gasteiger partial charge < -0.3 is 14.7 Å².